The lowest BCUT2D eigenvalue weighted by molar-refractivity contribution is 0.670. The lowest BCUT2D eigenvalue weighted by Crippen LogP contribution is -1.89. The topological polar surface area (TPSA) is 0 Å². The SMILES string of the molecule is C1=CC(c2cccs2)CCCC1. The van der Waals surface area contributed by atoms with E-state index in [1.54, 1.807) is 0 Å². The largest absolute Gasteiger partial charge is 0.148 e. The molecule has 0 aliphatic heterocycles. The van der Waals surface area contributed by atoms with E-state index in [1.165, 1.54) is 30.6 Å². The molecule has 0 bridgehead atoms. The summed E-state index contributed by atoms with van der Waals surface area (Å²) in [6.45, 7) is 0. The third-order valence-electron chi connectivity index (χ3n) is 2.41. The van der Waals surface area contributed by atoms with Gasteiger partial charge in [-0.1, -0.05) is 24.6 Å². The molecule has 1 aliphatic carbocycles. The Morgan fingerprint density at radius 3 is 3.17 bits per heavy atom. The van der Waals surface area contributed by atoms with E-state index in [9.17, 15) is 0 Å². The fourth-order valence-electron chi connectivity index (χ4n) is 1.72. The van der Waals surface area contributed by atoms with E-state index in [2.05, 4.69) is 29.7 Å². The first-order valence-electron chi connectivity index (χ1n) is 4.67. The van der Waals surface area contributed by atoms with Gasteiger partial charge >= 0.3 is 0 Å². The maximum absolute atomic E-state index is 2.39. The van der Waals surface area contributed by atoms with Gasteiger partial charge < -0.3 is 0 Å². The zero-order valence-electron chi connectivity index (χ0n) is 7.20. The number of thiophene rings is 1. The molecule has 0 saturated carbocycles. The first-order chi connectivity index (χ1) is 5.97. The summed E-state index contributed by atoms with van der Waals surface area (Å²) < 4.78 is 0. The molecule has 12 heavy (non-hydrogen) atoms. The Hall–Kier alpha value is -0.560. The summed E-state index contributed by atoms with van der Waals surface area (Å²) in [4.78, 5) is 1.54. The molecule has 0 amide bonds. The van der Waals surface area contributed by atoms with Crippen molar-refractivity contribution in [1.29, 1.82) is 0 Å². The molecule has 1 atom stereocenters. The quantitative estimate of drug-likeness (QED) is 0.571. The first-order valence-corrected chi connectivity index (χ1v) is 5.55. The van der Waals surface area contributed by atoms with Gasteiger partial charge in [-0.2, -0.15) is 0 Å². The molecule has 0 aromatic carbocycles. The van der Waals surface area contributed by atoms with E-state index in [0.717, 1.165) is 0 Å². The van der Waals surface area contributed by atoms with Crippen LogP contribution in [0, 0.1) is 0 Å². The zero-order valence-corrected chi connectivity index (χ0v) is 8.02. The Bertz CT molecular complexity index is 246. The Morgan fingerprint density at radius 1 is 1.33 bits per heavy atom. The van der Waals surface area contributed by atoms with Crippen LogP contribution >= 0.6 is 11.3 Å². The van der Waals surface area contributed by atoms with Crippen molar-refractivity contribution in [3.63, 3.8) is 0 Å². The van der Waals surface area contributed by atoms with Crippen LogP contribution in [0.15, 0.2) is 29.7 Å². The van der Waals surface area contributed by atoms with Crippen LogP contribution in [0.25, 0.3) is 0 Å². The highest BCUT2D eigenvalue weighted by atomic mass is 32.1. The highest BCUT2D eigenvalue weighted by Crippen LogP contribution is 2.29. The van der Waals surface area contributed by atoms with E-state index in [4.69, 9.17) is 0 Å². The summed E-state index contributed by atoms with van der Waals surface area (Å²) in [5, 5.41) is 2.17. The van der Waals surface area contributed by atoms with Gasteiger partial charge in [0.1, 0.15) is 0 Å². The summed E-state index contributed by atoms with van der Waals surface area (Å²) in [6, 6.07) is 4.41. The Balaban J connectivity index is 2.12. The van der Waals surface area contributed by atoms with E-state index >= 15 is 0 Å². The van der Waals surface area contributed by atoms with Crippen LogP contribution in [-0.4, -0.2) is 0 Å². The van der Waals surface area contributed by atoms with Gasteiger partial charge in [0.15, 0.2) is 0 Å². The molecule has 1 aromatic heterocycles. The summed E-state index contributed by atoms with van der Waals surface area (Å²) in [5.74, 6) is 0.715. The second-order valence-corrected chi connectivity index (χ2v) is 4.31. The Morgan fingerprint density at radius 2 is 2.33 bits per heavy atom. The van der Waals surface area contributed by atoms with Gasteiger partial charge in [0.2, 0.25) is 0 Å². The zero-order chi connectivity index (χ0) is 8.23. The van der Waals surface area contributed by atoms with E-state index in [1.807, 2.05) is 11.3 Å². The van der Waals surface area contributed by atoms with Crippen molar-refractivity contribution in [2.24, 2.45) is 0 Å². The fourth-order valence-corrected chi connectivity index (χ4v) is 2.57. The lowest BCUT2D eigenvalue weighted by Gasteiger charge is -2.06. The Labute approximate surface area is 77.9 Å². The normalized spacial score (nSPS) is 23.8. The van der Waals surface area contributed by atoms with Gasteiger partial charge in [-0.05, 0) is 30.7 Å². The second-order valence-electron chi connectivity index (χ2n) is 3.33. The van der Waals surface area contributed by atoms with Crippen LogP contribution in [-0.2, 0) is 0 Å². The van der Waals surface area contributed by atoms with Crippen molar-refractivity contribution in [2.45, 2.75) is 31.6 Å². The van der Waals surface area contributed by atoms with E-state index < -0.39 is 0 Å². The molecule has 0 radical (unpaired) electrons. The lowest BCUT2D eigenvalue weighted by atomic mass is 10.0. The van der Waals surface area contributed by atoms with Gasteiger partial charge in [-0.3, -0.25) is 0 Å². The predicted octanol–water partition coefficient (Wildman–Crippen LogP) is 3.96. The number of allylic oxidation sites excluding steroid dienone is 2. The van der Waals surface area contributed by atoms with Crippen molar-refractivity contribution >= 4 is 11.3 Å². The van der Waals surface area contributed by atoms with Crippen molar-refractivity contribution in [1.82, 2.24) is 0 Å². The van der Waals surface area contributed by atoms with E-state index in [0.29, 0.717) is 5.92 Å². The molecule has 1 aliphatic rings. The first kappa shape index (κ1) is 8.06. The molecule has 1 heteroatoms. The maximum atomic E-state index is 2.39. The van der Waals surface area contributed by atoms with Crippen LogP contribution in [0.1, 0.15) is 36.5 Å². The monoisotopic (exact) mass is 178 g/mol. The van der Waals surface area contributed by atoms with Crippen molar-refractivity contribution in [2.75, 3.05) is 0 Å². The minimum absolute atomic E-state index is 0.715. The number of rotatable bonds is 1. The molecule has 64 valence electrons. The van der Waals surface area contributed by atoms with Crippen molar-refractivity contribution in [3.05, 3.63) is 34.5 Å². The second kappa shape index (κ2) is 3.90. The average molecular weight is 178 g/mol. The predicted molar refractivity (Wildman–Crippen MR) is 54.7 cm³/mol. The summed E-state index contributed by atoms with van der Waals surface area (Å²) >= 11 is 1.89. The third kappa shape index (κ3) is 1.78. The third-order valence-corrected chi connectivity index (χ3v) is 3.42. The molecule has 1 aromatic rings. The van der Waals surface area contributed by atoms with Crippen LogP contribution in [0.3, 0.4) is 0 Å². The molecular formula is C11H14S. The molecule has 0 saturated heterocycles. The van der Waals surface area contributed by atoms with E-state index in [-0.39, 0.29) is 0 Å². The minimum Gasteiger partial charge on any atom is -0.148 e. The molecular weight excluding hydrogens is 164 g/mol. The fraction of sp³-hybridized carbons (Fsp3) is 0.455. The molecule has 1 unspecified atom stereocenters. The molecule has 0 N–H and O–H groups in total. The van der Waals surface area contributed by atoms with Gasteiger partial charge in [-0.25, -0.2) is 0 Å². The van der Waals surface area contributed by atoms with Crippen LogP contribution < -0.4 is 0 Å². The highest BCUT2D eigenvalue weighted by molar-refractivity contribution is 7.10. The minimum atomic E-state index is 0.715. The van der Waals surface area contributed by atoms with Crippen molar-refractivity contribution < 1.29 is 0 Å². The number of hydrogen-bond donors (Lipinski definition) is 0. The van der Waals surface area contributed by atoms with Crippen LogP contribution in [0.2, 0.25) is 0 Å². The molecule has 0 fully saturated rings. The van der Waals surface area contributed by atoms with Crippen LogP contribution in [0.5, 0.6) is 0 Å². The summed E-state index contributed by atoms with van der Waals surface area (Å²) in [5.41, 5.74) is 0. The molecule has 2 rings (SSSR count). The molecule has 0 spiro atoms. The van der Waals surface area contributed by atoms with Gasteiger partial charge in [0.05, 0.1) is 0 Å². The smallest absolute Gasteiger partial charge is 0.0114 e. The molecule has 0 nitrogen and oxygen atoms in total. The maximum Gasteiger partial charge on any atom is 0.0114 e. The van der Waals surface area contributed by atoms with Gasteiger partial charge in [-0.15, -0.1) is 11.3 Å². The Kier molecular flexibility index (Phi) is 2.62. The summed E-state index contributed by atoms with van der Waals surface area (Å²) in [7, 11) is 0. The van der Waals surface area contributed by atoms with Crippen molar-refractivity contribution in [3.8, 4) is 0 Å². The van der Waals surface area contributed by atoms with Crippen LogP contribution in [0.4, 0.5) is 0 Å². The highest BCUT2D eigenvalue weighted by Gasteiger charge is 2.10. The number of hydrogen-bond acceptors (Lipinski definition) is 1. The summed E-state index contributed by atoms with van der Waals surface area (Å²) in [6.07, 6.45) is 10.1. The molecule has 1 heterocycles. The van der Waals surface area contributed by atoms with Gasteiger partial charge in [0.25, 0.3) is 0 Å². The average Bonchev–Trinajstić information content (AvgIpc) is 2.48. The standard InChI is InChI=1S/C11H14S/c1-2-4-7-10(6-3-1)11-8-5-9-12-11/h3,5-6,8-10H,1-2,4,7H2. The van der Waals surface area contributed by atoms with Gasteiger partial charge in [0, 0.05) is 10.8 Å².